The molecule has 0 aromatic heterocycles. The highest BCUT2D eigenvalue weighted by molar-refractivity contribution is 7.89. The van der Waals surface area contributed by atoms with E-state index in [2.05, 4.69) is 9.62 Å². The first-order chi connectivity index (χ1) is 9.05. The molecule has 1 unspecified atom stereocenters. The number of nitrogens with one attached hydrogen (secondary N) is 1. The number of likely N-dealkylation sites (N-methyl/N-ethyl adjacent to an activating group) is 1. The number of rotatable bonds is 6. The second-order valence-corrected chi connectivity index (χ2v) is 7.15. The predicted molar refractivity (Wildman–Crippen MR) is 77.6 cm³/mol. The normalized spacial score (nSPS) is 20.8. The van der Waals surface area contributed by atoms with Crippen LogP contribution >= 0.6 is 0 Å². The Labute approximate surface area is 115 Å². The Hall–Kier alpha value is -0.910. The van der Waals surface area contributed by atoms with E-state index in [1.807, 2.05) is 37.4 Å². The molecule has 19 heavy (non-hydrogen) atoms. The number of aryl methyl sites for hydroxylation is 1. The van der Waals surface area contributed by atoms with Crippen molar-refractivity contribution in [3.63, 3.8) is 0 Å². The molecule has 1 aliphatic heterocycles. The smallest absolute Gasteiger partial charge is 0.211 e. The minimum Gasteiger partial charge on any atom is -0.305 e. The third-order valence-electron chi connectivity index (χ3n) is 3.46. The number of sulfonamides is 1. The molecular weight excluding hydrogens is 260 g/mol. The fourth-order valence-corrected chi connectivity index (χ4v) is 3.80. The first kappa shape index (κ1) is 14.5. The molecule has 1 fully saturated rings. The van der Waals surface area contributed by atoms with Gasteiger partial charge < -0.3 is 4.90 Å². The molecule has 1 aromatic carbocycles. The van der Waals surface area contributed by atoms with E-state index in [0.29, 0.717) is 6.42 Å². The van der Waals surface area contributed by atoms with Gasteiger partial charge in [0, 0.05) is 12.6 Å². The van der Waals surface area contributed by atoms with Crippen molar-refractivity contribution in [2.24, 2.45) is 0 Å². The van der Waals surface area contributed by atoms with E-state index in [4.69, 9.17) is 0 Å². The Morgan fingerprint density at radius 2 is 2.05 bits per heavy atom. The Balaban J connectivity index is 1.75. The summed E-state index contributed by atoms with van der Waals surface area (Å²) in [4.78, 5) is 2.15. The predicted octanol–water partition coefficient (Wildman–Crippen LogP) is 1.24. The maximum Gasteiger partial charge on any atom is 0.211 e. The third-order valence-corrected chi connectivity index (χ3v) is 4.98. The quantitative estimate of drug-likeness (QED) is 0.854. The van der Waals surface area contributed by atoms with Crippen LogP contribution < -0.4 is 4.72 Å². The minimum atomic E-state index is -3.14. The molecule has 1 aliphatic rings. The van der Waals surface area contributed by atoms with E-state index < -0.39 is 10.0 Å². The van der Waals surface area contributed by atoms with Crippen LogP contribution in [0.1, 0.15) is 18.4 Å². The van der Waals surface area contributed by atoms with E-state index in [0.717, 1.165) is 25.9 Å². The van der Waals surface area contributed by atoms with Gasteiger partial charge in [0.1, 0.15) is 0 Å². The van der Waals surface area contributed by atoms with Gasteiger partial charge in [0.2, 0.25) is 10.0 Å². The zero-order chi connectivity index (χ0) is 13.7. The lowest BCUT2D eigenvalue weighted by Gasteiger charge is -2.13. The molecule has 0 radical (unpaired) electrons. The van der Waals surface area contributed by atoms with Crippen molar-refractivity contribution in [2.45, 2.75) is 25.3 Å². The van der Waals surface area contributed by atoms with Crippen LogP contribution in [0.3, 0.4) is 0 Å². The summed E-state index contributed by atoms with van der Waals surface area (Å²) in [6, 6.07) is 10.1. The van der Waals surface area contributed by atoms with Crippen molar-refractivity contribution < 1.29 is 8.42 Å². The molecule has 4 nitrogen and oxygen atoms in total. The van der Waals surface area contributed by atoms with Crippen LogP contribution in [-0.2, 0) is 16.4 Å². The monoisotopic (exact) mass is 282 g/mol. The maximum atomic E-state index is 12.0. The molecule has 5 heteroatoms. The van der Waals surface area contributed by atoms with Gasteiger partial charge in [-0.2, -0.15) is 0 Å². The highest BCUT2D eigenvalue weighted by Gasteiger charge is 2.23. The highest BCUT2D eigenvalue weighted by atomic mass is 32.2. The van der Waals surface area contributed by atoms with Gasteiger partial charge in [-0.1, -0.05) is 30.3 Å². The third kappa shape index (κ3) is 4.93. The topological polar surface area (TPSA) is 49.4 Å². The fraction of sp³-hybridized carbons (Fsp3) is 0.571. The van der Waals surface area contributed by atoms with Gasteiger partial charge in [0.25, 0.3) is 0 Å². The maximum absolute atomic E-state index is 12.0. The van der Waals surface area contributed by atoms with Crippen molar-refractivity contribution in [2.75, 3.05) is 25.9 Å². The van der Waals surface area contributed by atoms with E-state index >= 15 is 0 Å². The molecule has 106 valence electrons. The van der Waals surface area contributed by atoms with Crippen molar-refractivity contribution in [1.82, 2.24) is 9.62 Å². The number of hydrogen-bond acceptors (Lipinski definition) is 3. The number of likely N-dealkylation sites (tertiary alicyclic amines) is 1. The van der Waals surface area contributed by atoms with Gasteiger partial charge in [0.15, 0.2) is 0 Å². The molecule has 2 rings (SSSR count). The summed E-state index contributed by atoms with van der Waals surface area (Å²) >= 11 is 0. The Morgan fingerprint density at radius 3 is 2.68 bits per heavy atom. The Morgan fingerprint density at radius 1 is 1.32 bits per heavy atom. The SMILES string of the molecule is CN1CCC(NS(=O)(=O)CCCc2ccccc2)C1. The van der Waals surface area contributed by atoms with Gasteiger partial charge in [-0.05, 0) is 38.4 Å². The van der Waals surface area contributed by atoms with Crippen molar-refractivity contribution >= 4 is 10.0 Å². The van der Waals surface area contributed by atoms with E-state index in [1.165, 1.54) is 5.56 Å². The number of hydrogen-bond donors (Lipinski definition) is 1. The lowest BCUT2D eigenvalue weighted by atomic mass is 10.1. The summed E-state index contributed by atoms with van der Waals surface area (Å²) in [7, 11) is -1.12. The lowest BCUT2D eigenvalue weighted by molar-refractivity contribution is 0.407. The zero-order valence-corrected chi connectivity index (χ0v) is 12.2. The van der Waals surface area contributed by atoms with Crippen LogP contribution in [0.5, 0.6) is 0 Å². The first-order valence-electron chi connectivity index (χ1n) is 6.78. The average molecular weight is 282 g/mol. The average Bonchev–Trinajstić information content (AvgIpc) is 2.75. The molecule has 0 bridgehead atoms. The summed E-state index contributed by atoms with van der Waals surface area (Å²) in [5.41, 5.74) is 1.19. The molecule has 0 amide bonds. The van der Waals surface area contributed by atoms with Gasteiger partial charge in [-0.15, -0.1) is 0 Å². The molecule has 1 heterocycles. The number of benzene rings is 1. The van der Waals surface area contributed by atoms with Crippen LogP contribution in [0, 0.1) is 0 Å². The Bertz CT molecular complexity index is 487. The van der Waals surface area contributed by atoms with E-state index in [9.17, 15) is 8.42 Å². The summed E-state index contributed by atoms with van der Waals surface area (Å²) in [6.45, 7) is 1.79. The molecule has 1 N–H and O–H groups in total. The molecule has 0 saturated carbocycles. The van der Waals surface area contributed by atoms with Gasteiger partial charge in [0.05, 0.1) is 5.75 Å². The summed E-state index contributed by atoms with van der Waals surface area (Å²) < 4.78 is 26.7. The fourth-order valence-electron chi connectivity index (χ4n) is 2.46. The second kappa shape index (κ2) is 6.50. The van der Waals surface area contributed by atoms with Gasteiger partial charge in [-0.25, -0.2) is 13.1 Å². The van der Waals surface area contributed by atoms with Crippen molar-refractivity contribution in [1.29, 1.82) is 0 Å². The summed E-state index contributed by atoms with van der Waals surface area (Å²) in [5.74, 6) is 0.210. The van der Waals surface area contributed by atoms with Crippen LogP contribution in [-0.4, -0.2) is 45.2 Å². The highest BCUT2D eigenvalue weighted by Crippen LogP contribution is 2.09. The van der Waals surface area contributed by atoms with Gasteiger partial charge >= 0.3 is 0 Å². The summed E-state index contributed by atoms with van der Waals surface area (Å²) in [5, 5.41) is 0. The first-order valence-corrected chi connectivity index (χ1v) is 8.43. The molecule has 1 saturated heterocycles. The molecule has 0 aliphatic carbocycles. The van der Waals surface area contributed by atoms with Crippen LogP contribution in [0.2, 0.25) is 0 Å². The van der Waals surface area contributed by atoms with Crippen LogP contribution in [0.4, 0.5) is 0 Å². The Kier molecular flexibility index (Phi) is 4.96. The van der Waals surface area contributed by atoms with Crippen LogP contribution in [0.15, 0.2) is 30.3 Å². The van der Waals surface area contributed by atoms with Crippen LogP contribution in [0.25, 0.3) is 0 Å². The molecule has 1 aromatic rings. The van der Waals surface area contributed by atoms with Gasteiger partial charge in [-0.3, -0.25) is 0 Å². The number of nitrogens with zero attached hydrogens (tertiary/aromatic N) is 1. The molecular formula is C14H22N2O2S. The standard InChI is InChI=1S/C14H22N2O2S/c1-16-10-9-14(12-16)15-19(17,18)11-5-8-13-6-3-2-4-7-13/h2-4,6-7,14-15H,5,8-12H2,1H3. The molecule has 0 spiro atoms. The second-order valence-electron chi connectivity index (χ2n) is 5.27. The zero-order valence-electron chi connectivity index (χ0n) is 11.4. The summed E-state index contributed by atoms with van der Waals surface area (Å²) in [6.07, 6.45) is 2.39. The van der Waals surface area contributed by atoms with Crippen molar-refractivity contribution in [3.8, 4) is 0 Å². The van der Waals surface area contributed by atoms with Crippen molar-refractivity contribution in [3.05, 3.63) is 35.9 Å². The largest absolute Gasteiger partial charge is 0.305 e. The van der Waals surface area contributed by atoms with E-state index in [1.54, 1.807) is 0 Å². The van der Waals surface area contributed by atoms with E-state index in [-0.39, 0.29) is 11.8 Å². The minimum absolute atomic E-state index is 0.0896. The molecule has 1 atom stereocenters. The lowest BCUT2D eigenvalue weighted by Crippen LogP contribution is -2.37.